The number of likely N-dealkylation sites (N-methyl/N-ethyl adjacent to an activating group) is 1. The highest BCUT2D eigenvalue weighted by Crippen LogP contribution is 2.28. The molecule has 0 bridgehead atoms. The first kappa shape index (κ1) is 13.6. The molecule has 1 aromatic carbocycles. The molecule has 4 nitrogen and oxygen atoms in total. The van der Waals surface area contributed by atoms with Crippen LogP contribution in [0.5, 0.6) is 0 Å². The molecule has 0 aliphatic carbocycles. The van der Waals surface area contributed by atoms with E-state index in [1.807, 2.05) is 11.0 Å². The lowest BCUT2D eigenvalue weighted by Gasteiger charge is -2.37. The Hall–Kier alpha value is -1.39. The number of hydrogen-bond acceptors (Lipinski definition) is 3. The summed E-state index contributed by atoms with van der Waals surface area (Å²) in [6.45, 7) is 6.95. The van der Waals surface area contributed by atoms with E-state index < -0.39 is 0 Å². The van der Waals surface area contributed by atoms with Crippen molar-refractivity contribution in [2.24, 2.45) is 0 Å². The quantitative estimate of drug-likeness (QED) is 0.810. The molecule has 2 heterocycles. The highest BCUT2D eigenvalue weighted by Gasteiger charge is 2.31. The van der Waals surface area contributed by atoms with Gasteiger partial charge in [0, 0.05) is 38.4 Å². The van der Waals surface area contributed by atoms with Crippen molar-refractivity contribution in [1.29, 1.82) is 0 Å². The Morgan fingerprint density at radius 3 is 2.55 bits per heavy atom. The normalized spacial score (nSPS) is 21.8. The molecule has 1 fully saturated rings. The van der Waals surface area contributed by atoms with E-state index in [1.54, 1.807) is 0 Å². The van der Waals surface area contributed by atoms with Gasteiger partial charge in [0.15, 0.2) is 0 Å². The van der Waals surface area contributed by atoms with Gasteiger partial charge in [-0.05, 0) is 32.0 Å². The van der Waals surface area contributed by atoms with Crippen LogP contribution in [0.3, 0.4) is 0 Å². The third-order valence-electron chi connectivity index (χ3n) is 4.60. The Kier molecular flexibility index (Phi) is 3.76. The van der Waals surface area contributed by atoms with E-state index >= 15 is 0 Å². The number of nitrogens with zero attached hydrogens (tertiary/aromatic N) is 3. The van der Waals surface area contributed by atoms with E-state index in [0.29, 0.717) is 0 Å². The van der Waals surface area contributed by atoms with Crippen LogP contribution in [0, 0.1) is 0 Å². The van der Waals surface area contributed by atoms with Crippen molar-refractivity contribution in [2.75, 3.05) is 44.7 Å². The Balaban J connectivity index is 1.70. The molecule has 0 spiro atoms. The van der Waals surface area contributed by atoms with Crippen molar-refractivity contribution in [2.45, 2.75) is 19.4 Å². The molecular formula is C16H23N3O. The molecule has 0 aromatic heterocycles. The maximum absolute atomic E-state index is 12.8. The minimum Gasteiger partial charge on any atom is -0.310 e. The maximum Gasteiger partial charge on any atom is 0.244 e. The molecule has 0 N–H and O–H groups in total. The van der Waals surface area contributed by atoms with Gasteiger partial charge in [0.25, 0.3) is 0 Å². The van der Waals surface area contributed by atoms with Crippen LogP contribution >= 0.6 is 0 Å². The molecule has 20 heavy (non-hydrogen) atoms. The number of hydrogen-bond donors (Lipinski definition) is 0. The SMILES string of the molecule is C[C@H](C(=O)N1CCc2ccccc21)N1CCN(C)CC1. The molecule has 0 radical (unpaired) electrons. The smallest absolute Gasteiger partial charge is 0.244 e. The molecule has 4 heteroatoms. The number of benzene rings is 1. The fourth-order valence-electron chi connectivity index (χ4n) is 3.16. The summed E-state index contributed by atoms with van der Waals surface area (Å²) in [7, 11) is 2.14. The van der Waals surface area contributed by atoms with Gasteiger partial charge in [-0.15, -0.1) is 0 Å². The zero-order chi connectivity index (χ0) is 14.1. The Labute approximate surface area is 121 Å². The number of rotatable bonds is 2. The molecule has 108 valence electrons. The zero-order valence-corrected chi connectivity index (χ0v) is 12.4. The van der Waals surface area contributed by atoms with E-state index in [9.17, 15) is 4.79 Å². The van der Waals surface area contributed by atoms with Gasteiger partial charge in [0.05, 0.1) is 6.04 Å². The molecule has 1 saturated heterocycles. The number of anilines is 1. The van der Waals surface area contributed by atoms with Crippen LogP contribution in [-0.4, -0.2) is 61.5 Å². The van der Waals surface area contributed by atoms with E-state index in [-0.39, 0.29) is 11.9 Å². The second-order valence-electron chi connectivity index (χ2n) is 5.88. The fourth-order valence-corrected chi connectivity index (χ4v) is 3.16. The molecule has 1 amide bonds. The first-order valence-electron chi connectivity index (χ1n) is 7.48. The average Bonchev–Trinajstić information content (AvgIpc) is 2.90. The monoisotopic (exact) mass is 273 g/mol. The predicted octanol–water partition coefficient (Wildman–Crippen LogP) is 1.21. The topological polar surface area (TPSA) is 26.8 Å². The van der Waals surface area contributed by atoms with Gasteiger partial charge in [-0.1, -0.05) is 18.2 Å². The van der Waals surface area contributed by atoms with Crippen molar-refractivity contribution in [3.63, 3.8) is 0 Å². The first-order valence-corrected chi connectivity index (χ1v) is 7.48. The highest BCUT2D eigenvalue weighted by atomic mass is 16.2. The molecular weight excluding hydrogens is 250 g/mol. The van der Waals surface area contributed by atoms with Crippen LogP contribution in [-0.2, 0) is 11.2 Å². The Bertz CT molecular complexity index is 494. The molecule has 2 aliphatic rings. The summed E-state index contributed by atoms with van der Waals surface area (Å²) in [6.07, 6.45) is 0.984. The van der Waals surface area contributed by atoms with E-state index in [2.05, 4.69) is 42.0 Å². The number of carbonyl (C=O) groups is 1. The van der Waals surface area contributed by atoms with Gasteiger partial charge in [0.1, 0.15) is 0 Å². The summed E-state index contributed by atoms with van der Waals surface area (Å²) in [5, 5.41) is 0. The van der Waals surface area contributed by atoms with Crippen molar-refractivity contribution in [1.82, 2.24) is 9.80 Å². The largest absolute Gasteiger partial charge is 0.310 e. The zero-order valence-electron chi connectivity index (χ0n) is 12.4. The molecule has 3 rings (SSSR count). The van der Waals surface area contributed by atoms with Crippen molar-refractivity contribution < 1.29 is 4.79 Å². The van der Waals surface area contributed by atoms with Gasteiger partial charge in [-0.25, -0.2) is 0 Å². The number of piperazine rings is 1. The summed E-state index contributed by atoms with van der Waals surface area (Å²) in [6, 6.07) is 8.25. The maximum atomic E-state index is 12.8. The van der Waals surface area contributed by atoms with Gasteiger partial charge in [0.2, 0.25) is 5.91 Å². The lowest BCUT2D eigenvalue weighted by Crippen LogP contribution is -2.53. The summed E-state index contributed by atoms with van der Waals surface area (Å²) >= 11 is 0. The minimum atomic E-state index is -0.0187. The summed E-state index contributed by atoms with van der Waals surface area (Å²) in [4.78, 5) is 19.4. The number of carbonyl (C=O) groups excluding carboxylic acids is 1. The first-order chi connectivity index (χ1) is 9.66. The Morgan fingerprint density at radius 1 is 1.10 bits per heavy atom. The third-order valence-corrected chi connectivity index (χ3v) is 4.60. The van der Waals surface area contributed by atoms with Gasteiger partial charge in [-0.2, -0.15) is 0 Å². The predicted molar refractivity (Wildman–Crippen MR) is 81.0 cm³/mol. The summed E-state index contributed by atoms with van der Waals surface area (Å²) < 4.78 is 0. The van der Waals surface area contributed by atoms with Gasteiger partial charge >= 0.3 is 0 Å². The lowest BCUT2D eigenvalue weighted by atomic mass is 10.1. The van der Waals surface area contributed by atoms with E-state index in [4.69, 9.17) is 0 Å². The van der Waals surface area contributed by atoms with Gasteiger partial charge in [-0.3, -0.25) is 9.69 Å². The Morgan fingerprint density at radius 2 is 1.80 bits per heavy atom. The van der Waals surface area contributed by atoms with Crippen LogP contribution in [0.25, 0.3) is 0 Å². The number of para-hydroxylation sites is 1. The third kappa shape index (κ3) is 2.45. The second kappa shape index (κ2) is 5.54. The highest BCUT2D eigenvalue weighted by molar-refractivity contribution is 5.98. The van der Waals surface area contributed by atoms with Crippen molar-refractivity contribution in [3.05, 3.63) is 29.8 Å². The van der Waals surface area contributed by atoms with E-state index in [1.165, 1.54) is 5.56 Å². The van der Waals surface area contributed by atoms with Crippen LogP contribution in [0.1, 0.15) is 12.5 Å². The van der Waals surface area contributed by atoms with Crippen LogP contribution in [0.4, 0.5) is 5.69 Å². The van der Waals surface area contributed by atoms with Crippen molar-refractivity contribution in [3.8, 4) is 0 Å². The molecule has 2 aliphatic heterocycles. The molecule has 1 atom stereocenters. The summed E-state index contributed by atoms with van der Waals surface area (Å²) in [5.41, 5.74) is 2.41. The van der Waals surface area contributed by atoms with Crippen LogP contribution < -0.4 is 4.90 Å². The molecule has 0 unspecified atom stereocenters. The average molecular weight is 273 g/mol. The van der Waals surface area contributed by atoms with Gasteiger partial charge < -0.3 is 9.80 Å². The second-order valence-corrected chi connectivity index (χ2v) is 5.88. The fraction of sp³-hybridized carbons (Fsp3) is 0.562. The standard InChI is InChI=1S/C16H23N3O/c1-13(18-11-9-17(2)10-12-18)16(20)19-8-7-14-5-3-4-6-15(14)19/h3-6,13H,7-12H2,1-2H3/t13-/m1/s1. The van der Waals surface area contributed by atoms with Crippen molar-refractivity contribution >= 4 is 11.6 Å². The summed E-state index contributed by atoms with van der Waals surface area (Å²) in [5.74, 6) is 0.250. The number of amides is 1. The molecule has 0 saturated carbocycles. The van der Waals surface area contributed by atoms with Crippen LogP contribution in [0.15, 0.2) is 24.3 Å². The van der Waals surface area contributed by atoms with E-state index in [0.717, 1.165) is 44.8 Å². The lowest BCUT2D eigenvalue weighted by molar-refractivity contribution is -0.123. The molecule has 1 aromatic rings. The minimum absolute atomic E-state index is 0.0187. The number of fused-ring (bicyclic) bond motifs is 1. The van der Waals surface area contributed by atoms with Crippen LogP contribution in [0.2, 0.25) is 0 Å².